The van der Waals surface area contributed by atoms with Crippen LogP contribution in [0.2, 0.25) is 0 Å². The van der Waals surface area contributed by atoms with Gasteiger partial charge in [0.25, 0.3) is 0 Å². The van der Waals surface area contributed by atoms with Crippen LogP contribution < -0.4 is 9.80 Å². The highest BCUT2D eigenvalue weighted by molar-refractivity contribution is 7.26. The molecule has 0 radical (unpaired) electrons. The van der Waals surface area contributed by atoms with E-state index in [9.17, 15) is 0 Å². The second kappa shape index (κ2) is 17.0. The van der Waals surface area contributed by atoms with Crippen LogP contribution in [0.5, 0.6) is 0 Å². The number of anilines is 6. The van der Waals surface area contributed by atoms with E-state index >= 15 is 0 Å². The lowest BCUT2D eigenvalue weighted by atomic mass is 10.0. The normalized spacial score (nSPS) is 11.9. The van der Waals surface area contributed by atoms with Crippen molar-refractivity contribution in [2.24, 2.45) is 0 Å². The fraction of sp³-hybridized carbons (Fsp3) is 0. The number of aromatic nitrogens is 2. The second-order valence-corrected chi connectivity index (χ2v) is 21.9. The maximum atomic E-state index is 2.42. The number of hydrogen-bond donors (Lipinski definition) is 0. The molecular weight excluding hydrogens is 961 g/mol. The van der Waals surface area contributed by atoms with E-state index in [1.54, 1.807) is 0 Å². The number of nitrogens with zero attached hydrogens (tertiary/aromatic N) is 4. The molecule has 0 saturated carbocycles. The van der Waals surface area contributed by atoms with Crippen molar-refractivity contribution in [1.82, 2.24) is 9.13 Å². The first kappa shape index (κ1) is 43.0. The Bertz CT molecular complexity index is 4620. The molecule has 12 aromatic carbocycles. The van der Waals surface area contributed by atoms with E-state index in [-0.39, 0.29) is 0 Å². The minimum absolute atomic E-state index is 1.11. The Morgan fingerprint density at radius 2 is 0.553 bits per heavy atom. The summed E-state index contributed by atoms with van der Waals surface area (Å²) in [5.41, 5.74) is 13.8. The molecule has 4 aromatic heterocycles. The monoisotopic (exact) mass is 1000 g/mol. The van der Waals surface area contributed by atoms with Gasteiger partial charge in [-0.3, -0.25) is 0 Å². The molecule has 0 N–H and O–H groups in total. The smallest absolute Gasteiger partial charge is 0.0561 e. The highest BCUT2D eigenvalue weighted by Gasteiger charge is 2.21. The summed E-state index contributed by atoms with van der Waals surface area (Å²) in [4.78, 5) is 4.81. The van der Waals surface area contributed by atoms with Gasteiger partial charge in [0.1, 0.15) is 0 Å². The molecule has 4 nitrogen and oxygen atoms in total. The van der Waals surface area contributed by atoms with E-state index in [1.807, 2.05) is 22.7 Å². The molecule has 0 unspecified atom stereocenters. The third-order valence-electron chi connectivity index (χ3n) is 15.4. The molecule has 4 heterocycles. The predicted molar refractivity (Wildman–Crippen MR) is 328 cm³/mol. The molecule has 76 heavy (non-hydrogen) atoms. The summed E-state index contributed by atoms with van der Waals surface area (Å²) in [6, 6.07) is 98.1. The first-order chi connectivity index (χ1) is 37.7. The molecule has 0 fully saturated rings. The second-order valence-electron chi connectivity index (χ2n) is 19.7. The van der Waals surface area contributed by atoms with Crippen LogP contribution in [0.25, 0.3) is 106 Å². The third-order valence-corrected chi connectivity index (χ3v) is 17.6. The van der Waals surface area contributed by atoms with Crippen LogP contribution in [0.4, 0.5) is 34.1 Å². The summed E-state index contributed by atoms with van der Waals surface area (Å²) >= 11 is 3.76. The molecule has 0 spiro atoms. The molecule has 356 valence electrons. The van der Waals surface area contributed by atoms with E-state index in [1.165, 1.54) is 94.7 Å². The van der Waals surface area contributed by atoms with Gasteiger partial charge in [0.2, 0.25) is 0 Å². The quantitative estimate of drug-likeness (QED) is 0.151. The lowest BCUT2D eigenvalue weighted by Crippen LogP contribution is -2.09. The van der Waals surface area contributed by atoms with Crippen molar-refractivity contribution < 1.29 is 0 Å². The van der Waals surface area contributed by atoms with Crippen LogP contribution in [-0.2, 0) is 0 Å². The number of para-hydroxylation sites is 6. The fourth-order valence-electron chi connectivity index (χ4n) is 12.0. The minimum Gasteiger partial charge on any atom is -0.310 e. The maximum absolute atomic E-state index is 2.42. The topological polar surface area (TPSA) is 16.3 Å². The van der Waals surface area contributed by atoms with Crippen molar-refractivity contribution in [3.8, 4) is 11.4 Å². The van der Waals surface area contributed by atoms with Crippen molar-refractivity contribution in [3.05, 3.63) is 267 Å². The molecule has 0 atom stereocenters. The molecule has 6 heteroatoms. The minimum atomic E-state index is 1.11. The van der Waals surface area contributed by atoms with Crippen molar-refractivity contribution in [3.63, 3.8) is 0 Å². The van der Waals surface area contributed by atoms with Crippen LogP contribution in [0, 0.1) is 0 Å². The van der Waals surface area contributed by atoms with E-state index in [2.05, 4.69) is 286 Å². The molecule has 0 aliphatic heterocycles. The standard InChI is InChI=1S/C70H44N4S2/c1-5-17-47(18-6-1)71(51-29-33-57-55-25-13-15-27-63(55)73(65(57)41-51)49-21-9-3-10-22-49)53-31-35-59-61-37-45-40-68-62(38-46(45)39-67(61)75-69(59)43-53)60-36-32-54(44-70(60)76-68)72(48-19-7-2-8-20-48)52-30-34-58-56-26-14-16-28-64(56)74(66(58)42-52)50-23-11-4-12-24-50/h1-44H. The Labute approximate surface area is 446 Å². The molecule has 0 aliphatic rings. The van der Waals surface area contributed by atoms with Crippen molar-refractivity contribution in [2.45, 2.75) is 0 Å². The average Bonchev–Trinajstić information content (AvgIpc) is 4.23. The van der Waals surface area contributed by atoms with Gasteiger partial charge in [-0.05, 0) is 144 Å². The molecule has 0 aliphatic carbocycles. The largest absolute Gasteiger partial charge is 0.310 e. The molecule has 0 bridgehead atoms. The number of rotatable bonds is 8. The highest BCUT2D eigenvalue weighted by Crippen LogP contribution is 2.47. The average molecular weight is 1010 g/mol. The van der Waals surface area contributed by atoms with Gasteiger partial charge in [0.05, 0.1) is 22.1 Å². The van der Waals surface area contributed by atoms with Gasteiger partial charge in [-0.15, -0.1) is 22.7 Å². The van der Waals surface area contributed by atoms with Crippen LogP contribution in [0.15, 0.2) is 267 Å². The summed E-state index contributed by atoms with van der Waals surface area (Å²) in [6.07, 6.45) is 0. The van der Waals surface area contributed by atoms with Gasteiger partial charge >= 0.3 is 0 Å². The van der Waals surface area contributed by atoms with E-state index in [0.717, 1.165) is 45.5 Å². The zero-order valence-corrected chi connectivity index (χ0v) is 42.6. The third kappa shape index (κ3) is 6.75. The lowest BCUT2D eigenvalue weighted by molar-refractivity contribution is 1.18. The van der Waals surface area contributed by atoms with Gasteiger partial charge in [0, 0.05) is 107 Å². The summed E-state index contributed by atoms with van der Waals surface area (Å²) < 4.78 is 9.93. The SMILES string of the molecule is c1ccc(N(c2ccc3c(c2)sc2cc4cc5c(cc4cc23)sc2cc(N(c3ccccc3)c3ccc4c6ccccc6n(-c6ccccc6)c4c3)ccc25)c2ccc3c4ccccc4n(-c4ccccc4)c3c2)cc1. The Hall–Kier alpha value is -9.46. The van der Waals surface area contributed by atoms with E-state index in [0.29, 0.717) is 0 Å². The summed E-state index contributed by atoms with van der Waals surface area (Å²) in [6.45, 7) is 0. The summed E-state index contributed by atoms with van der Waals surface area (Å²) in [5, 5.41) is 12.7. The number of fused-ring (bicyclic) bond motifs is 13. The molecule has 0 saturated heterocycles. The Balaban J connectivity index is 0.793. The molecular formula is C70H44N4S2. The first-order valence-corrected chi connectivity index (χ1v) is 27.4. The maximum Gasteiger partial charge on any atom is 0.0561 e. The van der Waals surface area contributed by atoms with Crippen molar-refractivity contribution in [1.29, 1.82) is 0 Å². The summed E-state index contributed by atoms with van der Waals surface area (Å²) in [7, 11) is 0. The Morgan fingerprint density at radius 3 is 0.974 bits per heavy atom. The van der Waals surface area contributed by atoms with Crippen molar-refractivity contribution >= 4 is 152 Å². The highest BCUT2D eigenvalue weighted by atomic mass is 32.1. The van der Waals surface area contributed by atoms with Gasteiger partial charge in [-0.2, -0.15) is 0 Å². The molecule has 0 amide bonds. The Kier molecular flexibility index (Phi) is 9.64. The van der Waals surface area contributed by atoms with Gasteiger partial charge in [-0.1, -0.05) is 133 Å². The zero-order chi connectivity index (χ0) is 49.8. The van der Waals surface area contributed by atoms with Crippen LogP contribution in [-0.4, -0.2) is 9.13 Å². The number of hydrogen-bond acceptors (Lipinski definition) is 4. The van der Waals surface area contributed by atoms with Crippen LogP contribution in [0.1, 0.15) is 0 Å². The van der Waals surface area contributed by atoms with Gasteiger partial charge in [0.15, 0.2) is 0 Å². The fourth-order valence-corrected chi connectivity index (χ4v) is 14.3. The summed E-state index contributed by atoms with van der Waals surface area (Å²) in [5.74, 6) is 0. The van der Waals surface area contributed by atoms with Gasteiger partial charge in [-0.25, -0.2) is 0 Å². The number of thiophene rings is 2. The zero-order valence-electron chi connectivity index (χ0n) is 41.0. The number of benzene rings is 12. The molecule has 16 aromatic rings. The molecule has 16 rings (SSSR count). The first-order valence-electron chi connectivity index (χ1n) is 25.8. The van der Waals surface area contributed by atoms with Gasteiger partial charge < -0.3 is 18.9 Å². The van der Waals surface area contributed by atoms with Crippen molar-refractivity contribution in [2.75, 3.05) is 9.80 Å². The lowest BCUT2D eigenvalue weighted by Gasteiger charge is -2.26. The van der Waals surface area contributed by atoms with Crippen LogP contribution in [0.3, 0.4) is 0 Å². The Morgan fingerprint density at radius 1 is 0.224 bits per heavy atom. The van der Waals surface area contributed by atoms with E-state index < -0.39 is 0 Å². The van der Waals surface area contributed by atoms with Crippen LogP contribution >= 0.6 is 22.7 Å². The predicted octanol–water partition coefficient (Wildman–Crippen LogP) is 20.7. The van der Waals surface area contributed by atoms with E-state index in [4.69, 9.17) is 0 Å².